The SMILES string of the molecule is CS(=O)(=O)N1CCC(C(=O)Nc2ccccc2Cc2ccccc2)CC1. The van der Waals surface area contributed by atoms with Gasteiger partial charge in [0.2, 0.25) is 15.9 Å². The fourth-order valence-electron chi connectivity index (χ4n) is 3.30. The van der Waals surface area contributed by atoms with Crippen molar-refractivity contribution in [2.24, 2.45) is 5.92 Å². The number of piperidine rings is 1. The molecule has 0 saturated carbocycles. The number of carbonyl (C=O) groups excluding carboxylic acids is 1. The van der Waals surface area contributed by atoms with Gasteiger partial charge in [-0.15, -0.1) is 0 Å². The van der Waals surface area contributed by atoms with Crippen molar-refractivity contribution in [3.05, 3.63) is 65.7 Å². The number of amides is 1. The Morgan fingerprint density at radius 1 is 1.04 bits per heavy atom. The molecule has 0 atom stereocenters. The van der Waals surface area contributed by atoms with Gasteiger partial charge in [0.25, 0.3) is 0 Å². The van der Waals surface area contributed by atoms with Crippen LogP contribution < -0.4 is 5.32 Å². The molecule has 1 saturated heterocycles. The molecule has 2 aromatic rings. The summed E-state index contributed by atoms with van der Waals surface area (Å²) in [6.45, 7) is 0.811. The predicted molar refractivity (Wildman–Crippen MR) is 103 cm³/mol. The largest absolute Gasteiger partial charge is 0.326 e. The summed E-state index contributed by atoms with van der Waals surface area (Å²) in [5.74, 6) is -0.184. The zero-order chi connectivity index (χ0) is 18.6. The molecule has 0 bridgehead atoms. The van der Waals surface area contributed by atoms with Gasteiger partial charge in [0, 0.05) is 24.7 Å². The summed E-state index contributed by atoms with van der Waals surface area (Å²) < 4.78 is 24.6. The summed E-state index contributed by atoms with van der Waals surface area (Å²) in [6, 6.07) is 18.0. The third-order valence-corrected chi connectivity index (χ3v) is 6.11. The summed E-state index contributed by atoms with van der Waals surface area (Å²) in [5, 5.41) is 3.05. The lowest BCUT2D eigenvalue weighted by molar-refractivity contribution is -0.120. The lowest BCUT2D eigenvalue weighted by atomic mass is 9.96. The normalized spacial score (nSPS) is 16.3. The maximum atomic E-state index is 12.6. The van der Waals surface area contributed by atoms with Gasteiger partial charge in [0.1, 0.15) is 0 Å². The van der Waals surface area contributed by atoms with Crippen molar-refractivity contribution in [3.8, 4) is 0 Å². The average molecular weight is 372 g/mol. The first-order valence-corrected chi connectivity index (χ1v) is 10.7. The fraction of sp³-hybridized carbons (Fsp3) is 0.350. The van der Waals surface area contributed by atoms with Crippen LogP contribution in [0.3, 0.4) is 0 Å². The third kappa shape index (κ3) is 4.71. The van der Waals surface area contributed by atoms with Crippen LogP contribution in [0.15, 0.2) is 54.6 Å². The Morgan fingerprint density at radius 3 is 2.31 bits per heavy atom. The Kier molecular flexibility index (Phi) is 5.74. The first-order valence-electron chi connectivity index (χ1n) is 8.81. The van der Waals surface area contributed by atoms with Gasteiger partial charge in [-0.1, -0.05) is 48.5 Å². The Bertz CT molecular complexity index is 858. The molecule has 1 fully saturated rings. The van der Waals surface area contributed by atoms with Gasteiger partial charge < -0.3 is 5.32 Å². The molecule has 1 aliphatic heterocycles. The number of carbonyl (C=O) groups is 1. The second kappa shape index (κ2) is 8.01. The van der Waals surface area contributed by atoms with Crippen LogP contribution in [0, 0.1) is 5.92 Å². The molecule has 0 aliphatic carbocycles. The summed E-state index contributed by atoms with van der Waals surface area (Å²) in [7, 11) is -3.17. The van der Waals surface area contributed by atoms with Crippen LogP contribution in [-0.4, -0.2) is 38.0 Å². The van der Waals surface area contributed by atoms with Crippen LogP contribution in [0.1, 0.15) is 24.0 Å². The molecule has 1 aliphatic rings. The number of hydrogen-bond acceptors (Lipinski definition) is 3. The highest BCUT2D eigenvalue weighted by molar-refractivity contribution is 7.88. The lowest BCUT2D eigenvalue weighted by Crippen LogP contribution is -2.40. The number of anilines is 1. The van der Waals surface area contributed by atoms with Gasteiger partial charge >= 0.3 is 0 Å². The quantitative estimate of drug-likeness (QED) is 0.878. The van der Waals surface area contributed by atoms with E-state index in [-0.39, 0.29) is 11.8 Å². The molecule has 1 heterocycles. The highest BCUT2D eigenvalue weighted by Crippen LogP contribution is 2.24. The summed E-state index contributed by atoms with van der Waals surface area (Å²) in [6.07, 6.45) is 3.08. The topological polar surface area (TPSA) is 66.5 Å². The number of nitrogens with one attached hydrogen (secondary N) is 1. The third-order valence-electron chi connectivity index (χ3n) is 4.81. The molecule has 0 spiro atoms. The summed E-state index contributed by atoms with van der Waals surface area (Å²) in [5.41, 5.74) is 3.09. The Hall–Kier alpha value is -2.18. The van der Waals surface area contributed by atoms with E-state index in [9.17, 15) is 13.2 Å². The van der Waals surface area contributed by atoms with Crippen molar-refractivity contribution in [2.75, 3.05) is 24.7 Å². The molecule has 26 heavy (non-hydrogen) atoms. The Labute approximate surface area is 155 Å². The van der Waals surface area contributed by atoms with Gasteiger partial charge in [-0.25, -0.2) is 12.7 Å². The van der Waals surface area contributed by atoms with Crippen LogP contribution in [0.25, 0.3) is 0 Å². The zero-order valence-corrected chi connectivity index (χ0v) is 15.7. The lowest BCUT2D eigenvalue weighted by Gasteiger charge is -2.29. The van der Waals surface area contributed by atoms with Crippen LogP contribution in [0.4, 0.5) is 5.69 Å². The van der Waals surface area contributed by atoms with E-state index < -0.39 is 10.0 Å². The van der Waals surface area contributed by atoms with E-state index in [2.05, 4.69) is 17.4 Å². The molecular weight excluding hydrogens is 348 g/mol. The molecule has 1 amide bonds. The second-order valence-electron chi connectivity index (χ2n) is 6.75. The van der Waals surface area contributed by atoms with Crippen LogP contribution in [-0.2, 0) is 21.2 Å². The standard InChI is InChI=1S/C20H24N2O3S/c1-26(24,25)22-13-11-17(12-14-22)20(23)21-19-10-6-5-9-18(19)15-16-7-3-2-4-8-16/h2-10,17H,11-15H2,1H3,(H,21,23). The highest BCUT2D eigenvalue weighted by atomic mass is 32.2. The molecule has 1 N–H and O–H groups in total. The molecule has 138 valence electrons. The van der Waals surface area contributed by atoms with E-state index in [4.69, 9.17) is 0 Å². The van der Waals surface area contributed by atoms with Crippen molar-refractivity contribution in [1.82, 2.24) is 4.31 Å². The van der Waals surface area contributed by atoms with Gasteiger partial charge in [-0.05, 0) is 36.5 Å². The minimum absolute atomic E-state index is 0.0290. The predicted octanol–water partition coefficient (Wildman–Crippen LogP) is 2.89. The smallest absolute Gasteiger partial charge is 0.227 e. The fourth-order valence-corrected chi connectivity index (χ4v) is 4.17. The number of nitrogens with zero attached hydrogens (tertiary/aromatic N) is 1. The maximum Gasteiger partial charge on any atom is 0.227 e. The minimum atomic E-state index is -3.17. The van der Waals surface area contributed by atoms with E-state index in [1.165, 1.54) is 16.1 Å². The van der Waals surface area contributed by atoms with E-state index in [1.807, 2.05) is 42.5 Å². The molecule has 0 radical (unpaired) electrons. The summed E-state index contributed by atoms with van der Waals surface area (Å²) in [4.78, 5) is 12.6. The van der Waals surface area contributed by atoms with Crippen LogP contribution in [0.2, 0.25) is 0 Å². The van der Waals surface area contributed by atoms with Crippen molar-refractivity contribution in [2.45, 2.75) is 19.3 Å². The maximum absolute atomic E-state index is 12.6. The van der Waals surface area contributed by atoms with E-state index in [0.717, 1.165) is 17.7 Å². The monoisotopic (exact) mass is 372 g/mol. The van der Waals surface area contributed by atoms with Gasteiger partial charge in [-0.3, -0.25) is 4.79 Å². The first-order chi connectivity index (χ1) is 12.4. The Morgan fingerprint density at radius 2 is 1.65 bits per heavy atom. The molecular formula is C20H24N2O3S. The average Bonchev–Trinajstić information content (AvgIpc) is 2.63. The molecule has 5 nitrogen and oxygen atoms in total. The molecule has 3 rings (SSSR count). The van der Waals surface area contributed by atoms with Crippen molar-refractivity contribution in [1.29, 1.82) is 0 Å². The van der Waals surface area contributed by atoms with Gasteiger partial charge in [-0.2, -0.15) is 0 Å². The number of sulfonamides is 1. The van der Waals surface area contributed by atoms with Crippen LogP contribution >= 0.6 is 0 Å². The molecule has 0 aromatic heterocycles. The number of hydrogen-bond donors (Lipinski definition) is 1. The Balaban J connectivity index is 1.65. The van der Waals surface area contributed by atoms with Crippen molar-refractivity contribution < 1.29 is 13.2 Å². The van der Waals surface area contributed by atoms with E-state index in [0.29, 0.717) is 25.9 Å². The van der Waals surface area contributed by atoms with Crippen molar-refractivity contribution >= 4 is 21.6 Å². The second-order valence-corrected chi connectivity index (χ2v) is 8.73. The van der Waals surface area contributed by atoms with Gasteiger partial charge in [0.05, 0.1) is 6.26 Å². The van der Waals surface area contributed by atoms with E-state index >= 15 is 0 Å². The van der Waals surface area contributed by atoms with Crippen LogP contribution in [0.5, 0.6) is 0 Å². The molecule has 0 unspecified atom stereocenters. The molecule has 6 heteroatoms. The first kappa shape index (κ1) is 18.6. The van der Waals surface area contributed by atoms with E-state index in [1.54, 1.807) is 0 Å². The number of para-hydroxylation sites is 1. The highest BCUT2D eigenvalue weighted by Gasteiger charge is 2.29. The van der Waals surface area contributed by atoms with Gasteiger partial charge in [0.15, 0.2) is 0 Å². The minimum Gasteiger partial charge on any atom is -0.326 e. The summed E-state index contributed by atoms with van der Waals surface area (Å²) >= 11 is 0. The molecule has 2 aromatic carbocycles. The number of rotatable bonds is 5. The zero-order valence-electron chi connectivity index (χ0n) is 14.9. The number of benzene rings is 2. The van der Waals surface area contributed by atoms with Crippen molar-refractivity contribution in [3.63, 3.8) is 0 Å².